The molecule has 1 aromatic carbocycles. The smallest absolute Gasteiger partial charge is 0.155 e. The minimum Gasteiger partial charge on any atom is -0.329 e. The molecule has 0 aromatic heterocycles. The van der Waals surface area contributed by atoms with Gasteiger partial charge in [0, 0.05) is 18.2 Å². The monoisotopic (exact) mass is 272 g/mol. The number of benzene rings is 1. The highest BCUT2D eigenvalue weighted by molar-refractivity contribution is 7.92. The topological polar surface area (TPSA) is 86.2 Å². The van der Waals surface area contributed by atoms with E-state index < -0.39 is 20.6 Å². The van der Waals surface area contributed by atoms with E-state index in [9.17, 15) is 12.8 Å². The van der Waals surface area contributed by atoms with Crippen LogP contribution in [0.25, 0.3) is 0 Å². The molecular weight excluding hydrogens is 255 g/mol. The summed E-state index contributed by atoms with van der Waals surface area (Å²) >= 11 is 0. The average molecular weight is 272 g/mol. The number of nitrogens with two attached hydrogens (primary N) is 2. The van der Waals surface area contributed by atoms with E-state index in [4.69, 9.17) is 11.5 Å². The van der Waals surface area contributed by atoms with Crippen molar-refractivity contribution in [1.82, 2.24) is 0 Å². The molecule has 4 nitrogen and oxygen atoms in total. The Morgan fingerprint density at radius 3 is 2.33 bits per heavy atom. The molecule has 1 aliphatic carbocycles. The van der Waals surface area contributed by atoms with E-state index in [2.05, 4.69) is 0 Å². The van der Waals surface area contributed by atoms with Gasteiger partial charge in [-0.2, -0.15) is 0 Å². The van der Waals surface area contributed by atoms with Crippen LogP contribution in [-0.2, 0) is 9.84 Å². The zero-order chi connectivity index (χ0) is 13.6. The Morgan fingerprint density at radius 2 is 1.89 bits per heavy atom. The summed E-state index contributed by atoms with van der Waals surface area (Å²) in [6.07, 6.45) is 0. The second-order valence-corrected chi connectivity index (χ2v) is 7.13. The van der Waals surface area contributed by atoms with Crippen LogP contribution in [0.4, 0.5) is 4.39 Å². The maximum atomic E-state index is 12.9. The van der Waals surface area contributed by atoms with Gasteiger partial charge in [0.2, 0.25) is 0 Å². The average Bonchev–Trinajstić information content (AvgIpc) is 2.98. The van der Waals surface area contributed by atoms with Crippen LogP contribution in [0.3, 0.4) is 0 Å². The lowest BCUT2D eigenvalue weighted by atomic mass is 10.1. The summed E-state index contributed by atoms with van der Waals surface area (Å²) in [5.41, 5.74) is 11.5. The van der Waals surface area contributed by atoms with Crippen LogP contribution >= 0.6 is 0 Å². The van der Waals surface area contributed by atoms with Crippen LogP contribution in [-0.4, -0.2) is 31.5 Å². The molecule has 0 heterocycles. The van der Waals surface area contributed by atoms with Crippen molar-refractivity contribution in [3.05, 3.63) is 35.6 Å². The van der Waals surface area contributed by atoms with Gasteiger partial charge in [-0.3, -0.25) is 0 Å². The minimum atomic E-state index is -3.25. The Bertz CT molecular complexity index is 544. The molecule has 0 unspecified atom stereocenters. The summed E-state index contributed by atoms with van der Waals surface area (Å²) in [7, 11) is -3.25. The van der Waals surface area contributed by atoms with Crippen LogP contribution in [0.5, 0.6) is 0 Å². The molecule has 1 aromatic rings. The molecule has 0 radical (unpaired) electrons. The zero-order valence-electron chi connectivity index (χ0n) is 10.1. The second kappa shape index (κ2) is 4.29. The molecule has 1 aliphatic rings. The molecule has 0 bridgehead atoms. The van der Waals surface area contributed by atoms with Crippen molar-refractivity contribution in [2.24, 2.45) is 11.5 Å². The fraction of sp³-hybridized carbons (Fsp3) is 0.500. The molecule has 3 atom stereocenters. The van der Waals surface area contributed by atoms with Gasteiger partial charge in [-0.1, -0.05) is 19.1 Å². The third-order valence-electron chi connectivity index (χ3n) is 3.67. The van der Waals surface area contributed by atoms with E-state index in [0.29, 0.717) is 0 Å². The highest BCUT2D eigenvalue weighted by Gasteiger charge is 2.67. The third kappa shape index (κ3) is 1.94. The minimum absolute atomic E-state index is 0.0360. The van der Waals surface area contributed by atoms with Crippen molar-refractivity contribution in [2.45, 2.75) is 23.6 Å². The van der Waals surface area contributed by atoms with Crippen LogP contribution < -0.4 is 11.5 Å². The first-order chi connectivity index (χ1) is 8.36. The van der Waals surface area contributed by atoms with Gasteiger partial charge in [0.15, 0.2) is 9.84 Å². The number of hydrogen-bond donors (Lipinski definition) is 2. The van der Waals surface area contributed by atoms with Crippen molar-refractivity contribution >= 4 is 9.84 Å². The summed E-state index contributed by atoms with van der Waals surface area (Å²) in [6.45, 7) is 1.69. The van der Waals surface area contributed by atoms with E-state index in [1.165, 1.54) is 12.1 Å². The van der Waals surface area contributed by atoms with Crippen molar-refractivity contribution in [2.75, 3.05) is 12.3 Å². The molecular formula is C12H17FN2O2S. The summed E-state index contributed by atoms with van der Waals surface area (Å²) in [5, 5.41) is -0.662. The maximum absolute atomic E-state index is 12.9. The van der Waals surface area contributed by atoms with Gasteiger partial charge in [0.1, 0.15) is 5.82 Å². The van der Waals surface area contributed by atoms with Crippen LogP contribution in [0, 0.1) is 5.82 Å². The molecule has 18 heavy (non-hydrogen) atoms. The summed E-state index contributed by atoms with van der Waals surface area (Å²) in [4.78, 5) is 0. The quantitative estimate of drug-likeness (QED) is 0.830. The number of rotatable bonds is 4. The largest absolute Gasteiger partial charge is 0.329 e. The van der Waals surface area contributed by atoms with Crippen molar-refractivity contribution in [3.8, 4) is 0 Å². The summed E-state index contributed by atoms with van der Waals surface area (Å²) in [5.74, 6) is -0.661. The lowest BCUT2D eigenvalue weighted by Gasteiger charge is -2.07. The fourth-order valence-corrected chi connectivity index (χ4v) is 4.56. The van der Waals surface area contributed by atoms with E-state index in [1.807, 2.05) is 0 Å². The van der Waals surface area contributed by atoms with Crippen molar-refractivity contribution in [3.63, 3.8) is 0 Å². The molecule has 4 N–H and O–H groups in total. The van der Waals surface area contributed by atoms with E-state index in [0.717, 1.165) is 5.56 Å². The zero-order valence-corrected chi connectivity index (χ0v) is 11.0. The lowest BCUT2D eigenvalue weighted by Crippen LogP contribution is -2.39. The first-order valence-electron chi connectivity index (χ1n) is 5.83. The Morgan fingerprint density at radius 1 is 1.33 bits per heavy atom. The highest BCUT2D eigenvalue weighted by Crippen LogP contribution is 2.53. The maximum Gasteiger partial charge on any atom is 0.155 e. The van der Waals surface area contributed by atoms with Gasteiger partial charge in [-0.05, 0) is 17.7 Å². The van der Waals surface area contributed by atoms with Gasteiger partial charge >= 0.3 is 0 Å². The van der Waals surface area contributed by atoms with Gasteiger partial charge < -0.3 is 11.5 Å². The van der Waals surface area contributed by atoms with Crippen LogP contribution in [0.2, 0.25) is 0 Å². The standard InChI is InChI=1S/C12H17FN2O2S/c1-2-18(16,17)11-10(12(11,15)7-14)8-3-5-9(13)6-4-8/h3-6,10-11H,2,7,14-15H2,1H3/t10-,11+,12+/m1/s1. The summed E-state index contributed by atoms with van der Waals surface area (Å²) in [6, 6.07) is 5.76. The molecule has 1 saturated carbocycles. The number of sulfone groups is 1. The normalized spacial score (nSPS) is 31.3. The Hall–Kier alpha value is -0.980. The second-order valence-electron chi connectivity index (χ2n) is 4.72. The van der Waals surface area contributed by atoms with Crippen LogP contribution in [0.15, 0.2) is 24.3 Å². The van der Waals surface area contributed by atoms with Gasteiger partial charge in [0.05, 0.1) is 10.8 Å². The first kappa shape index (κ1) is 13.5. The summed E-state index contributed by atoms with van der Waals surface area (Å²) < 4.78 is 36.8. The number of hydrogen-bond acceptors (Lipinski definition) is 4. The van der Waals surface area contributed by atoms with Crippen LogP contribution in [0.1, 0.15) is 18.4 Å². The predicted molar refractivity (Wildman–Crippen MR) is 68.4 cm³/mol. The molecule has 2 rings (SSSR count). The van der Waals surface area contributed by atoms with E-state index >= 15 is 0 Å². The predicted octanol–water partition coefficient (Wildman–Crippen LogP) is 0.382. The molecule has 1 fully saturated rings. The van der Waals surface area contributed by atoms with Gasteiger partial charge in [-0.25, -0.2) is 12.8 Å². The molecule has 0 spiro atoms. The van der Waals surface area contributed by atoms with Crippen molar-refractivity contribution < 1.29 is 12.8 Å². The van der Waals surface area contributed by atoms with E-state index in [1.54, 1.807) is 19.1 Å². The molecule has 6 heteroatoms. The lowest BCUT2D eigenvalue weighted by molar-refractivity contribution is 0.587. The highest BCUT2D eigenvalue weighted by atomic mass is 32.2. The Balaban J connectivity index is 2.37. The number of halogens is 1. The van der Waals surface area contributed by atoms with E-state index in [-0.39, 0.29) is 24.0 Å². The first-order valence-corrected chi connectivity index (χ1v) is 7.54. The third-order valence-corrected chi connectivity index (χ3v) is 5.96. The molecule has 100 valence electrons. The molecule has 0 amide bonds. The Labute approximate surface area is 106 Å². The van der Waals surface area contributed by atoms with Crippen molar-refractivity contribution in [1.29, 1.82) is 0 Å². The molecule has 0 aliphatic heterocycles. The Kier molecular flexibility index (Phi) is 3.21. The fourth-order valence-electron chi connectivity index (χ4n) is 2.54. The molecule has 0 saturated heterocycles. The van der Waals surface area contributed by atoms with Gasteiger partial charge in [0.25, 0.3) is 0 Å². The SMILES string of the molecule is CCS(=O)(=O)[C@H]1[C@@H](c2ccc(F)cc2)[C@@]1(N)CN. The van der Waals surface area contributed by atoms with Gasteiger partial charge in [-0.15, -0.1) is 0 Å².